The van der Waals surface area contributed by atoms with Gasteiger partial charge in [0, 0.05) is 12.1 Å². The van der Waals surface area contributed by atoms with Gasteiger partial charge in [0.1, 0.15) is 11.9 Å². The highest BCUT2D eigenvalue weighted by Crippen LogP contribution is 2.48. The molecule has 2 aliphatic rings. The van der Waals surface area contributed by atoms with Crippen LogP contribution in [0.1, 0.15) is 43.8 Å². The minimum absolute atomic E-state index is 0.00105. The number of nitrogens with one attached hydrogen (secondary N) is 2. The number of hydrogen-bond donors (Lipinski definition) is 2. The smallest absolute Gasteiger partial charge is 0.237 e. The topological polar surface area (TPSA) is 57.5 Å². The minimum Gasteiger partial charge on any atom is -0.469 e. The predicted octanol–water partition coefficient (Wildman–Crippen LogP) is 3.77. The number of anilines is 3. The molecule has 2 aromatic rings. The molecule has 1 unspecified atom stereocenters. The fourth-order valence-corrected chi connectivity index (χ4v) is 3.56. The Morgan fingerprint density at radius 1 is 1.22 bits per heavy atom. The molecule has 23 heavy (non-hydrogen) atoms. The molecule has 0 bridgehead atoms. The molecule has 1 amide bonds. The van der Waals surface area contributed by atoms with Crippen molar-refractivity contribution in [1.82, 2.24) is 0 Å². The van der Waals surface area contributed by atoms with Crippen molar-refractivity contribution in [3.63, 3.8) is 0 Å². The number of furan rings is 1. The zero-order valence-corrected chi connectivity index (χ0v) is 13.9. The highest BCUT2D eigenvalue weighted by atomic mass is 16.3. The summed E-state index contributed by atoms with van der Waals surface area (Å²) in [4.78, 5) is 14.5. The molecule has 4 rings (SSSR count). The van der Waals surface area contributed by atoms with Gasteiger partial charge in [0.2, 0.25) is 5.91 Å². The largest absolute Gasteiger partial charge is 0.469 e. The van der Waals surface area contributed by atoms with Gasteiger partial charge in [-0.3, -0.25) is 4.79 Å². The number of fused-ring (bicyclic) bond motifs is 2. The summed E-state index contributed by atoms with van der Waals surface area (Å²) in [5, 5.41) is 6.95. The summed E-state index contributed by atoms with van der Waals surface area (Å²) in [6, 6.07) is 6.22. The molecular formula is C18H21N3O2. The molecule has 2 N–H and O–H groups in total. The number of likely N-dealkylation sites (N-methyl/N-ethyl adjacent to an activating group) is 1. The van der Waals surface area contributed by atoms with Crippen molar-refractivity contribution in [1.29, 1.82) is 0 Å². The average Bonchev–Trinajstić information content (AvgIpc) is 3.15. The number of rotatable bonds is 2. The average molecular weight is 311 g/mol. The maximum absolute atomic E-state index is 12.6. The zero-order valence-electron chi connectivity index (χ0n) is 13.9. The maximum atomic E-state index is 12.6. The van der Waals surface area contributed by atoms with E-state index in [1.165, 1.54) is 0 Å². The third-order valence-corrected chi connectivity index (χ3v) is 4.88. The number of nitrogens with zero attached hydrogens (tertiary/aromatic N) is 1. The molecule has 1 aromatic heterocycles. The van der Waals surface area contributed by atoms with E-state index in [-0.39, 0.29) is 12.1 Å². The van der Waals surface area contributed by atoms with Crippen LogP contribution in [0.2, 0.25) is 0 Å². The SMILES string of the molecule is CCN1C(=O)C(C)(C)c2cc3c(cc21)NC(c1coc(C)c1)N3. The molecule has 3 heterocycles. The first-order valence-corrected chi connectivity index (χ1v) is 8.00. The standard InChI is InChI=1S/C18H21N3O2/c1-5-21-15-8-14-13(7-12(15)18(3,4)17(21)22)19-16(20-14)11-6-10(2)23-9-11/h6-9,16,19-20H,5H2,1-4H3. The number of hydrogen-bond acceptors (Lipinski definition) is 4. The number of aryl methyl sites for hydroxylation is 1. The second-order valence-electron chi connectivity index (χ2n) is 6.80. The summed E-state index contributed by atoms with van der Waals surface area (Å²) in [6.07, 6.45) is 1.77. The van der Waals surface area contributed by atoms with Gasteiger partial charge < -0.3 is 20.0 Å². The van der Waals surface area contributed by atoms with Crippen molar-refractivity contribution in [2.24, 2.45) is 0 Å². The van der Waals surface area contributed by atoms with Crippen molar-refractivity contribution in [3.05, 3.63) is 41.3 Å². The third kappa shape index (κ3) is 1.89. The first-order chi connectivity index (χ1) is 10.9. The van der Waals surface area contributed by atoms with Crippen LogP contribution in [0.5, 0.6) is 0 Å². The van der Waals surface area contributed by atoms with E-state index in [9.17, 15) is 4.79 Å². The Bertz CT molecular complexity index is 807. The Labute approximate surface area is 135 Å². The lowest BCUT2D eigenvalue weighted by Crippen LogP contribution is -2.35. The van der Waals surface area contributed by atoms with Crippen LogP contribution in [0.25, 0.3) is 0 Å². The van der Waals surface area contributed by atoms with Gasteiger partial charge in [-0.1, -0.05) is 0 Å². The fraction of sp³-hybridized carbons (Fsp3) is 0.389. The van der Waals surface area contributed by atoms with Gasteiger partial charge in [-0.2, -0.15) is 0 Å². The molecule has 1 atom stereocenters. The predicted molar refractivity (Wildman–Crippen MR) is 90.9 cm³/mol. The second-order valence-corrected chi connectivity index (χ2v) is 6.80. The van der Waals surface area contributed by atoms with Crippen LogP contribution < -0.4 is 15.5 Å². The first kappa shape index (κ1) is 14.2. The molecule has 0 fully saturated rings. The molecule has 0 saturated heterocycles. The Morgan fingerprint density at radius 3 is 2.52 bits per heavy atom. The number of benzene rings is 1. The van der Waals surface area contributed by atoms with E-state index in [1.54, 1.807) is 6.26 Å². The van der Waals surface area contributed by atoms with Crippen molar-refractivity contribution in [2.45, 2.75) is 39.3 Å². The van der Waals surface area contributed by atoms with Gasteiger partial charge in [0.05, 0.1) is 28.7 Å². The Hall–Kier alpha value is -2.43. The van der Waals surface area contributed by atoms with E-state index >= 15 is 0 Å². The van der Waals surface area contributed by atoms with E-state index in [0.717, 1.165) is 33.9 Å². The van der Waals surface area contributed by atoms with Crippen molar-refractivity contribution in [2.75, 3.05) is 22.1 Å². The minimum atomic E-state index is -0.480. The summed E-state index contributed by atoms with van der Waals surface area (Å²) in [7, 11) is 0. The van der Waals surface area contributed by atoms with Crippen LogP contribution in [0, 0.1) is 6.92 Å². The van der Waals surface area contributed by atoms with Gasteiger partial charge in [-0.25, -0.2) is 0 Å². The Morgan fingerprint density at radius 2 is 1.91 bits per heavy atom. The molecule has 5 heteroatoms. The van der Waals surface area contributed by atoms with Crippen molar-refractivity contribution >= 4 is 23.0 Å². The van der Waals surface area contributed by atoms with E-state index in [2.05, 4.69) is 22.8 Å². The lowest BCUT2D eigenvalue weighted by molar-refractivity contribution is -0.122. The van der Waals surface area contributed by atoms with Crippen LogP contribution in [0.4, 0.5) is 17.1 Å². The van der Waals surface area contributed by atoms with E-state index in [4.69, 9.17) is 4.42 Å². The highest BCUT2D eigenvalue weighted by Gasteiger charge is 2.44. The second kappa shape index (κ2) is 4.54. The summed E-state index contributed by atoms with van der Waals surface area (Å²) < 4.78 is 5.40. The van der Waals surface area contributed by atoms with Crippen LogP contribution in [-0.2, 0) is 10.2 Å². The molecule has 5 nitrogen and oxygen atoms in total. The summed E-state index contributed by atoms with van der Waals surface area (Å²) in [5.41, 5.74) is 4.75. The summed E-state index contributed by atoms with van der Waals surface area (Å²) >= 11 is 0. The zero-order chi connectivity index (χ0) is 16.4. The Kier molecular flexibility index (Phi) is 2.80. The molecule has 120 valence electrons. The molecular weight excluding hydrogens is 290 g/mol. The normalized spacial score (nSPS) is 21.0. The molecule has 1 aromatic carbocycles. The summed E-state index contributed by atoms with van der Waals surface area (Å²) in [6.45, 7) is 8.63. The van der Waals surface area contributed by atoms with Gasteiger partial charge in [-0.05, 0) is 51.5 Å². The number of carbonyl (C=O) groups excluding carboxylic acids is 1. The lowest BCUT2D eigenvalue weighted by atomic mass is 9.86. The molecule has 0 aliphatic carbocycles. The van der Waals surface area contributed by atoms with Crippen LogP contribution in [0.15, 0.2) is 28.9 Å². The van der Waals surface area contributed by atoms with Crippen LogP contribution in [-0.4, -0.2) is 12.5 Å². The third-order valence-electron chi connectivity index (χ3n) is 4.88. The first-order valence-electron chi connectivity index (χ1n) is 8.00. The molecule has 0 radical (unpaired) electrons. The molecule has 0 spiro atoms. The van der Waals surface area contributed by atoms with Gasteiger partial charge >= 0.3 is 0 Å². The highest BCUT2D eigenvalue weighted by molar-refractivity contribution is 6.09. The fourth-order valence-electron chi connectivity index (χ4n) is 3.56. The summed E-state index contributed by atoms with van der Waals surface area (Å²) in [5.74, 6) is 1.06. The van der Waals surface area contributed by atoms with E-state index in [1.807, 2.05) is 38.7 Å². The van der Waals surface area contributed by atoms with Gasteiger partial charge in [0.15, 0.2) is 0 Å². The maximum Gasteiger partial charge on any atom is 0.237 e. The quantitative estimate of drug-likeness (QED) is 0.886. The van der Waals surface area contributed by atoms with Gasteiger partial charge in [0.25, 0.3) is 0 Å². The molecule has 2 aliphatic heterocycles. The Balaban J connectivity index is 1.74. The van der Waals surface area contributed by atoms with E-state index in [0.29, 0.717) is 6.54 Å². The molecule has 0 saturated carbocycles. The number of carbonyl (C=O) groups is 1. The van der Waals surface area contributed by atoms with Crippen LogP contribution >= 0.6 is 0 Å². The van der Waals surface area contributed by atoms with Crippen LogP contribution in [0.3, 0.4) is 0 Å². The monoisotopic (exact) mass is 311 g/mol. The van der Waals surface area contributed by atoms with Gasteiger partial charge in [-0.15, -0.1) is 0 Å². The van der Waals surface area contributed by atoms with E-state index < -0.39 is 5.41 Å². The van der Waals surface area contributed by atoms with Crippen molar-refractivity contribution < 1.29 is 9.21 Å². The lowest BCUT2D eigenvalue weighted by Gasteiger charge is -2.18. The van der Waals surface area contributed by atoms with Crippen molar-refractivity contribution in [3.8, 4) is 0 Å². The number of amides is 1.